The maximum atomic E-state index is 13.4. The summed E-state index contributed by atoms with van der Waals surface area (Å²) < 4.78 is 25.4. The maximum absolute atomic E-state index is 13.4. The average Bonchev–Trinajstić information content (AvgIpc) is 3.29. The molecule has 1 saturated carbocycles. The normalized spacial score (nSPS) is 18.1. The second kappa shape index (κ2) is 9.90. The first-order valence-electron chi connectivity index (χ1n) is 10.5. The van der Waals surface area contributed by atoms with Crippen molar-refractivity contribution in [3.05, 3.63) is 62.5 Å². The number of rotatable bonds is 6. The minimum atomic E-state index is -0.723. The van der Waals surface area contributed by atoms with E-state index in [1.807, 2.05) is 0 Å². The molecule has 1 saturated heterocycles. The Labute approximate surface area is 204 Å². The van der Waals surface area contributed by atoms with Gasteiger partial charge in [-0.2, -0.15) is 0 Å². The molecule has 4 amide bonds. The number of barbiturate groups is 1. The molecule has 7 nitrogen and oxygen atoms in total. The molecule has 33 heavy (non-hydrogen) atoms. The first-order chi connectivity index (χ1) is 15.9. The molecule has 0 aromatic heterocycles. The lowest BCUT2D eigenvalue weighted by atomic mass is 10.0. The molecule has 9 heteroatoms. The summed E-state index contributed by atoms with van der Waals surface area (Å²) in [7, 11) is 1.48. The van der Waals surface area contributed by atoms with Crippen LogP contribution in [0.5, 0.6) is 11.5 Å². The van der Waals surface area contributed by atoms with Crippen molar-refractivity contribution in [2.45, 2.75) is 38.3 Å². The minimum absolute atomic E-state index is 0.104. The van der Waals surface area contributed by atoms with Gasteiger partial charge in [0.1, 0.15) is 18.0 Å². The quantitative estimate of drug-likeness (QED) is 0.319. The van der Waals surface area contributed by atoms with Gasteiger partial charge in [-0.15, -0.1) is 0 Å². The van der Waals surface area contributed by atoms with Crippen LogP contribution in [-0.4, -0.2) is 35.9 Å². The lowest BCUT2D eigenvalue weighted by Gasteiger charge is -2.31. The van der Waals surface area contributed by atoms with E-state index >= 15 is 0 Å². The van der Waals surface area contributed by atoms with Crippen molar-refractivity contribution in [3.8, 4) is 11.5 Å². The molecule has 172 valence electrons. The van der Waals surface area contributed by atoms with Crippen molar-refractivity contribution >= 4 is 46.5 Å². The molecule has 1 aliphatic carbocycles. The van der Waals surface area contributed by atoms with Gasteiger partial charge in [-0.1, -0.05) is 25.0 Å². The average molecular weight is 564 g/mol. The van der Waals surface area contributed by atoms with Gasteiger partial charge in [0.05, 0.1) is 10.7 Å². The largest absolute Gasteiger partial charge is 0.493 e. The summed E-state index contributed by atoms with van der Waals surface area (Å²) in [6.45, 7) is 0.143. The monoisotopic (exact) mass is 564 g/mol. The summed E-state index contributed by atoms with van der Waals surface area (Å²) in [4.78, 5) is 38.9. The zero-order valence-electron chi connectivity index (χ0n) is 17.9. The Balaban J connectivity index is 1.60. The van der Waals surface area contributed by atoms with Crippen molar-refractivity contribution in [2.75, 3.05) is 7.11 Å². The Morgan fingerprint density at radius 1 is 1.18 bits per heavy atom. The summed E-state index contributed by atoms with van der Waals surface area (Å²) in [6.07, 6.45) is 4.82. The number of nitrogens with one attached hydrogen (secondary N) is 1. The zero-order valence-corrected chi connectivity index (χ0v) is 20.1. The topological polar surface area (TPSA) is 84.9 Å². The van der Waals surface area contributed by atoms with Crippen LogP contribution in [0.15, 0.2) is 42.0 Å². The number of halogens is 2. The number of amides is 4. The first-order valence-corrected chi connectivity index (χ1v) is 11.6. The van der Waals surface area contributed by atoms with Crippen LogP contribution in [0, 0.1) is 9.39 Å². The predicted molar refractivity (Wildman–Crippen MR) is 127 cm³/mol. The van der Waals surface area contributed by atoms with Gasteiger partial charge in [-0.25, -0.2) is 9.18 Å². The Kier molecular flexibility index (Phi) is 6.96. The van der Waals surface area contributed by atoms with Crippen LogP contribution in [0.3, 0.4) is 0 Å². The van der Waals surface area contributed by atoms with Gasteiger partial charge in [0.25, 0.3) is 11.8 Å². The molecule has 0 spiro atoms. The third-order valence-electron chi connectivity index (χ3n) is 5.66. The lowest BCUT2D eigenvalue weighted by molar-refractivity contribution is -0.131. The highest BCUT2D eigenvalue weighted by atomic mass is 127. The Morgan fingerprint density at radius 3 is 2.64 bits per heavy atom. The summed E-state index contributed by atoms with van der Waals surface area (Å²) in [6, 6.07) is 8.65. The van der Waals surface area contributed by atoms with Gasteiger partial charge in [0, 0.05) is 6.04 Å². The maximum Gasteiger partial charge on any atom is 0.331 e. The van der Waals surface area contributed by atoms with Crippen LogP contribution < -0.4 is 14.8 Å². The lowest BCUT2D eigenvalue weighted by Crippen LogP contribution is -2.57. The molecule has 0 atom stereocenters. The fourth-order valence-corrected chi connectivity index (χ4v) is 4.86. The van der Waals surface area contributed by atoms with Gasteiger partial charge in [0.15, 0.2) is 11.5 Å². The van der Waals surface area contributed by atoms with Crippen molar-refractivity contribution in [1.29, 1.82) is 0 Å². The molecule has 0 unspecified atom stereocenters. The van der Waals surface area contributed by atoms with E-state index in [-0.39, 0.29) is 24.0 Å². The van der Waals surface area contributed by atoms with Gasteiger partial charge in [-0.3, -0.25) is 19.8 Å². The number of carbonyl (C=O) groups excluding carboxylic acids is 3. The van der Waals surface area contributed by atoms with Crippen LogP contribution in [0.4, 0.5) is 9.18 Å². The third-order valence-corrected chi connectivity index (χ3v) is 6.46. The van der Waals surface area contributed by atoms with Crippen molar-refractivity contribution in [2.24, 2.45) is 0 Å². The summed E-state index contributed by atoms with van der Waals surface area (Å²) >= 11 is 2.07. The van der Waals surface area contributed by atoms with E-state index in [2.05, 4.69) is 27.9 Å². The Hall–Kier alpha value is -2.95. The van der Waals surface area contributed by atoms with Crippen LogP contribution in [0.1, 0.15) is 36.8 Å². The number of benzene rings is 2. The Bertz CT molecular complexity index is 1140. The molecule has 2 aromatic rings. The molecule has 2 aliphatic rings. The van der Waals surface area contributed by atoms with E-state index in [0.29, 0.717) is 26.2 Å². The minimum Gasteiger partial charge on any atom is -0.493 e. The molecular formula is C24H22FIN2O5. The van der Waals surface area contributed by atoms with E-state index < -0.39 is 17.8 Å². The predicted octanol–water partition coefficient (Wildman–Crippen LogP) is 4.42. The fourth-order valence-electron chi connectivity index (χ4n) is 4.08. The SMILES string of the molecule is COc1cc(/C=C2\C(=O)NC(=O)N(C3CCCC3)C2=O)cc(I)c1OCc1cccc(F)c1. The number of ether oxygens (including phenoxy) is 2. The van der Waals surface area contributed by atoms with Gasteiger partial charge < -0.3 is 9.47 Å². The van der Waals surface area contributed by atoms with E-state index in [0.717, 1.165) is 25.7 Å². The van der Waals surface area contributed by atoms with E-state index in [1.165, 1.54) is 30.2 Å². The molecule has 0 radical (unpaired) electrons. The number of hydrogen-bond donors (Lipinski definition) is 1. The highest BCUT2D eigenvalue weighted by molar-refractivity contribution is 14.1. The van der Waals surface area contributed by atoms with Crippen LogP contribution in [0.2, 0.25) is 0 Å². The van der Waals surface area contributed by atoms with Crippen LogP contribution >= 0.6 is 22.6 Å². The number of nitrogens with zero attached hydrogens (tertiary/aromatic N) is 1. The zero-order chi connectivity index (χ0) is 23.5. The number of methoxy groups -OCH3 is 1. The molecule has 2 fully saturated rings. The fraction of sp³-hybridized carbons (Fsp3) is 0.292. The molecule has 1 N–H and O–H groups in total. The molecular weight excluding hydrogens is 542 g/mol. The van der Waals surface area contributed by atoms with E-state index in [4.69, 9.17) is 9.47 Å². The molecule has 0 bridgehead atoms. The van der Waals surface area contributed by atoms with Crippen molar-refractivity contribution in [1.82, 2.24) is 10.2 Å². The van der Waals surface area contributed by atoms with Gasteiger partial charge in [0.2, 0.25) is 0 Å². The highest BCUT2D eigenvalue weighted by Crippen LogP contribution is 2.36. The van der Waals surface area contributed by atoms with E-state index in [1.54, 1.807) is 24.3 Å². The van der Waals surface area contributed by atoms with Crippen molar-refractivity contribution in [3.63, 3.8) is 0 Å². The molecule has 1 aliphatic heterocycles. The second-order valence-electron chi connectivity index (χ2n) is 7.88. The standard InChI is InChI=1S/C24H22FIN2O5/c1-32-20-12-15(11-19(26)21(20)33-13-14-5-4-6-16(25)9-14)10-18-22(29)27-24(31)28(23(18)30)17-7-2-3-8-17/h4-6,9-12,17H,2-3,7-8,13H2,1H3,(H,27,29,31)/b18-10+. The Morgan fingerprint density at radius 2 is 1.94 bits per heavy atom. The molecule has 2 aromatic carbocycles. The van der Waals surface area contributed by atoms with Gasteiger partial charge >= 0.3 is 6.03 Å². The van der Waals surface area contributed by atoms with Crippen LogP contribution in [0.25, 0.3) is 6.08 Å². The smallest absolute Gasteiger partial charge is 0.331 e. The third kappa shape index (κ3) is 5.02. The van der Waals surface area contributed by atoms with Crippen molar-refractivity contribution < 1.29 is 28.2 Å². The highest BCUT2D eigenvalue weighted by Gasteiger charge is 2.40. The molecule has 1 heterocycles. The first kappa shape index (κ1) is 23.2. The number of imide groups is 2. The second-order valence-corrected chi connectivity index (χ2v) is 9.05. The summed E-state index contributed by atoms with van der Waals surface area (Å²) in [5.74, 6) is -0.791. The molecule has 4 rings (SSSR count). The van der Waals surface area contributed by atoms with E-state index in [9.17, 15) is 18.8 Å². The van der Waals surface area contributed by atoms with Gasteiger partial charge in [-0.05, 0) is 76.9 Å². The number of urea groups is 1. The number of hydrogen-bond acceptors (Lipinski definition) is 5. The summed E-state index contributed by atoms with van der Waals surface area (Å²) in [5.41, 5.74) is 1.11. The number of carbonyl (C=O) groups is 3. The van der Waals surface area contributed by atoms with Crippen LogP contribution in [-0.2, 0) is 16.2 Å². The summed E-state index contributed by atoms with van der Waals surface area (Å²) in [5, 5.41) is 2.28.